The molecule has 1 fully saturated rings. The molecule has 1 aromatic rings. The van der Waals surface area contributed by atoms with Gasteiger partial charge in [-0.15, -0.1) is 0 Å². The summed E-state index contributed by atoms with van der Waals surface area (Å²) in [5.74, 6) is 1.62. The molecular weight excluding hydrogens is 220 g/mol. The number of hydrogen-bond donors (Lipinski definition) is 1. The molecule has 0 radical (unpaired) electrons. The van der Waals surface area contributed by atoms with E-state index in [1.165, 1.54) is 30.6 Å². The molecule has 1 aromatic carbocycles. The van der Waals surface area contributed by atoms with Crippen LogP contribution in [-0.2, 0) is 0 Å². The summed E-state index contributed by atoms with van der Waals surface area (Å²) in [6.07, 6.45) is 4.05. The van der Waals surface area contributed by atoms with Crippen LogP contribution in [0, 0.1) is 11.8 Å². The van der Waals surface area contributed by atoms with E-state index in [1.807, 2.05) is 0 Å². The minimum Gasteiger partial charge on any atom is -0.382 e. The van der Waals surface area contributed by atoms with Crippen molar-refractivity contribution in [1.29, 1.82) is 0 Å². The maximum atomic E-state index is 3.71. The fraction of sp³-hybridized carbons (Fsp3) is 0.625. The Morgan fingerprint density at radius 2 is 1.72 bits per heavy atom. The molecule has 1 aliphatic rings. The number of anilines is 2. The third-order valence-electron chi connectivity index (χ3n) is 4.44. The summed E-state index contributed by atoms with van der Waals surface area (Å²) in [6.45, 7) is 4.77. The monoisotopic (exact) mass is 246 g/mol. The van der Waals surface area contributed by atoms with Crippen molar-refractivity contribution >= 4 is 11.4 Å². The zero-order valence-electron chi connectivity index (χ0n) is 12.1. The highest BCUT2D eigenvalue weighted by atomic mass is 15.1. The van der Waals surface area contributed by atoms with Crippen LogP contribution in [0.5, 0.6) is 0 Å². The number of nitrogens with zero attached hydrogens (tertiary/aromatic N) is 1. The van der Waals surface area contributed by atoms with Gasteiger partial charge in [0.1, 0.15) is 0 Å². The highest BCUT2D eigenvalue weighted by Crippen LogP contribution is 2.31. The summed E-state index contributed by atoms with van der Waals surface area (Å²) in [4.78, 5) is 2.13. The molecule has 0 aromatic heterocycles. The number of benzene rings is 1. The number of rotatable bonds is 3. The minimum atomic E-state index is 0.638. The fourth-order valence-corrected chi connectivity index (χ4v) is 2.86. The first-order chi connectivity index (χ1) is 8.58. The maximum Gasteiger partial charge on any atom is 0.0362 e. The smallest absolute Gasteiger partial charge is 0.0362 e. The standard InChI is InChI=1S/C16H26N2/c1-12-6-5-7-16(13(12)2)17-14-8-10-15(11-9-14)18(3)4/h8-13,16-17H,5-7H2,1-4H3. The van der Waals surface area contributed by atoms with Crippen molar-refractivity contribution in [3.63, 3.8) is 0 Å². The van der Waals surface area contributed by atoms with Gasteiger partial charge in [0.25, 0.3) is 0 Å². The first kappa shape index (κ1) is 13.3. The van der Waals surface area contributed by atoms with Gasteiger partial charge in [0.15, 0.2) is 0 Å². The van der Waals surface area contributed by atoms with Crippen molar-refractivity contribution in [2.45, 2.75) is 39.2 Å². The summed E-state index contributed by atoms with van der Waals surface area (Å²) < 4.78 is 0. The van der Waals surface area contributed by atoms with Gasteiger partial charge >= 0.3 is 0 Å². The highest BCUT2D eigenvalue weighted by molar-refractivity contribution is 5.54. The van der Waals surface area contributed by atoms with Gasteiger partial charge in [0.05, 0.1) is 0 Å². The Morgan fingerprint density at radius 1 is 1.06 bits per heavy atom. The van der Waals surface area contributed by atoms with E-state index in [-0.39, 0.29) is 0 Å². The molecule has 3 atom stereocenters. The van der Waals surface area contributed by atoms with Crippen LogP contribution in [-0.4, -0.2) is 20.1 Å². The maximum absolute atomic E-state index is 3.71. The molecule has 18 heavy (non-hydrogen) atoms. The van der Waals surface area contributed by atoms with Crippen LogP contribution in [0.3, 0.4) is 0 Å². The topological polar surface area (TPSA) is 15.3 Å². The van der Waals surface area contributed by atoms with Crippen LogP contribution in [0.4, 0.5) is 11.4 Å². The zero-order chi connectivity index (χ0) is 13.1. The molecule has 0 heterocycles. The largest absolute Gasteiger partial charge is 0.382 e. The van der Waals surface area contributed by atoms with Gasteiger partial charge in [-0.2, -0.15) is 0 Å². The zero-order valence-corrected chi connectivity index (χ0v) is 12.1. The van der Waals surface area contributed by atoms with Gasteiger partial charge in [0, 0.05) is 31.5 Å². The summed E-state index contributed by atoms with van der Waals surface area (Å²) >= 11 is 0. The second-order valence-corrected chi connectivity index (χ2v) is 5.96. The fourth-order valence-electron chi connectivity index (χ4n) is 2.86. The van der Waals surface area contributed by atoms with E-state index in [1.54, 1.807) is 0 Å². The van der Waals surface area contributed by atoms with E-state index in [0.29, 0.717) is 6.04 Å². The molecule has 0 aliphatic heterocycles. The molecule has 2 rings (SSSR count). The quantitative estimate of drug-likeness (QED) is 0.867. The Hall–Kier alpha value is -1.18. The lowest BCUT2D eigenvalue weighted by Crippen LogP contribution is -2.34. The molecule has 3 unspecified atom stereocenters. The van der Waals surface area contributed by atoms with Crippen molar-refractivity contribution in [3.8, 4) is 0 Å². The molecular formula is C16H26N2. The lowest BCUT2D eigenvalue weighted by Gasteiger charge is -2.35. The lowest BCUT2D eigenvalue weighted by atomic mass is 9.78. The van der Waals surface area contributed by atoms with Gasteiger partial charge in [-0.1, -0.05) is 26.7 Å². The highest BCUT2D eigenvalue weighted by Gasteiger charge is 2.26. The van der Waals surface area contributed by atoms with E-state index in [0.717, 1.165) is 11.8 Å². The summed E-state index contributed by atoms with van der Waals surface area (Å²) in [5.41, 5.74) is 2.51. The SMILES string of the molecule is CC1CCCC(Nc2ccc(N(C)C)cc2)C1C. The van der Waals surface area contributed by atoms with Crippen LogP contribution in [0.2, 0.25) is 0 Å². The van der Waals surface area contributed by atoms with Crippen molar-refractivity contribution < 1.29 is 0 Å². The summed E-state index contributed by atoms with van der Waals surface area (Å²) in [5, 5.41) is 3.71. The van der Waals surface area contributed by atoms with Crippen LogP contribution < -0.4 is 10.2 Å². The van der Waals surface area contributed by atoms with Crippen molar-refractivity contribution in [1.82, 2.24) is 0 Å². The van der Waals surface area contributed by atoms with E-state index in [4.69, 9.17) is 0 Å². The predicted octanol–water partition coefficient (Wildman–Crippen LogP) is 3.99. The van der Waals surface area contributed by atoms with Gasteiger partial charge in [0.2, 0.25) is 0 Å². The first-order valence-electron chi connectivity index (χ1n) is 7.12. The molecule has 1 N–H and O–H groups in total. The Balaban J connectivity index is 2.00. The van der Waals surface area contributed by atoms with E-state index < -0.39 is 0 Å². The van der Waals surface area contributed by atoms with E-state index >= 15 is 0 Å². The number of nitrogens with one attached hydrogen (secondary N) is 1. The van der Waals surface area contributed by atoms with E-state index in [9.17, 15) is 0 Å². The Bertz CT molecular complexity index is 369. The second kappa shape index (κ2) is 5.64. The van der Waals surface area contributed by atoms with Crippen molar-refractivity contribution in [2.75, 3.05) is 24.3 Å². The van der Waals surface area contributed by atoms with Crippen molar-refractivity contribution in [3.05, 3.63) is 24.3 Å². The van der Waals surface area contributed by atoms with Crippen LogP contribution in [0.15, 0.2) is 24.3 Å². The molecule has 100 valence electrons. The molecule has 0 saturated heterocycles. The van der Waals surface area contributed by atoms with Gasteiger partial charge in [-0.25, -0.2) is 0 Å². The summed E-state index contributed by atoms with van der Waals surface area (Å²) in [6, 6.07) is 9.39. The van der Waals surface area contributed by atoms with Gasteiger partial charge < -0.3 is 10.2 Å². The predicted molar refractivity (Wildman–Crippen MR) is 80.4 cm³/mol. The third kappa shape index (κ3) is 2.98. The molecule has 1 saturated carbocycles. The van der Waals surface area contributed by atoms with Crippen molar-refractivity contribution in [2.24, 2.45) is 11.8 Å². The van der Waals surface area contributed by atoms with Gasteiger partial charge in [-0.05, 0) is 42.5 Å². The van der Waals surface area contributed by atoms with Crippen LogP contribution >= 0.6 is 0 Å². The lowest BCUT2D eigenvalue weighted by molar-refractivity contribution is 0.253. The van der Waals surface area contributed by atoms with E-state index in [2.05, 4.69) is 62.4 Å². The second-order valence-electron chi connectivity index (χ2n) is 5.96. The molecule has 2 nitrogen and oxygen atoms in total. The van der Waals surface area contributed by atoms with Gasteiger partial charge in [-0.3, -0.25) is 0 Å². The normalized spacial score (nSPS) is 27.9. The Kier molecular flexibility index (Phi) is 4.15. The first-order valence-corrected chi connectivity index (χ1v) is 7.12. The average molecular weight is 246 g/mol. The van der Waals surface area contributed by atoms with Crippen LogP contribution in [0.1, 0.15) is 33.1 Å². The molecule has 1 aliphatic carbocycles. The Labute approximate surface area is 111 Å². The summed E-state index contributed by atoms with van der Waals surface area (Å²) in [7, 11) is 4.15. The number of hydrogen-bond acceptors (Lipinski definition) is 2. The third-order valence-corrected chi connectivity index (χ3v) is 4.44. The molecule has 0 amide bonds. The van der Waals surface area contributed by atoms with Crippen LogP contribution in [0.25, 0.3) is 0 Å². The Morgan fingerprint density at radius 3 is 2.33 bits per heavy atom. The molecule has 0 spiro atoms. The molecule has 2 heteroatoms. The minimum absolute atomic E-state index is 0.638. The average Bonchev–Trinajstić information content (AvgIpc) is 2.36. The molecule has 0 bridgehead atoms.